The first-order chi connectivity index (χ1) is 16.6. The number of urea groups is 1. The number of phenols is 1. The molecule has 194 valence electrons. The molecule has 6 nitrogen and oxygen atoms in total. The second-order valence-electron chi connectivity index (χ2n) is 9.40. The van der Waals surface area contributed by atoms with Crippen LogP contribution in [0.15, 0.2) is 24.3 Å². The van der Waals surface area contributed by atoms with Crippen LogP contribution in [-0.2, 0) is 11.2 Å². The van der Waals surface area contributed by atoms with Crippen molar-refractivity contribution in [2.75, 3.05) is 6.54 Å². The van der Waals surface area contributed by atoms with Gasteiger partial charge in [0, 0.05) is 13.0 Å². The van der Waals surface area contributed by atoms with E-state index in [1.807, 2.05) is 0 Å². The van der Waals surface area contributed by atoms with Crippen molar-refractivity contribution >= 4 is 11.9 Å². The Morgan fingerprint density at radius 3 is 1.65 bits per heavy atom. The lowest BCUT2D eigenvalue weighted by atomic mass is 10.0. The SMILES string of the molecule is CCCCCCCCCCCCCCCCCCNC(=O)NNC(=O)CCc1ccc(O)cc1. The molecule has 0 aliphatic carbocycles. The summed E-state index contributed by atoms with van der Waals surface area (Å²) in [5.74, 6) is -0.0403. The normalized spacial score (nSPS) is 10.7. The Morgan fingerprint density at radius 2 is 1.15 bits per heavy atom. The van der Waals surface area contributed by atoms with E-state index >= 15 is 0 Å². The van der Waals surface area contributed by atoms with E-state index in [0.29, 0.717) is 13.0 Å². The third-order valence-electron chi connectivity index (χ3n) is 6.21. The molecule has 0 fully saturated rings. The average molecular weight is 476 g/mol. The lowest BCUT2D eigenvalue weighted by molar-refractivity contribution is -0.121. The monoisotopic (exact) mass is 475 g/mol. The molecule has 0 spiro atoms. The minimum atomic E-state index is -0.376. The zero-order chi connectivity index (χ0) is 24.7. The minimum absolute atomic E-state index is 0.205. The highest BCUT2D eigenvalue weighted by molar-refractivity contribution is 5.81. The number of hydrazine groups is 1. The van der Waals surface area contributed by atoms with Crippen molar-refractivity contribution in [1.29, 1.82) is 0 Å². The van der Waals surface area contributed by atoms with Gasteiger partial charge in [0.15, 0.2) is 0 Å². The van der Waals surface area contributed by atoms with Gasteiger partial charge in [-0.25, -0.2) is 10.2 Å². The van der Waals surface area contributed by atoms with Crippen LogP contribution in [0.3, 0.4) is 0 Å². The van der Waals surface area contributed by atoms with E-state index in [4.69, 9.17) is 0 Å². The number of unbranched alkanes of at least 4 members (excludes halogenated alkanes) is 15. The Bertz CT molecular complexity index is 634. The maximum absolute atomic E-state index is 11.8. The molecule has 0 saturated carbocycles. The Morgan fingerprint density at radius 1 is 0.676 bits per heavy atom. The highest BCUT2D eigenvalue weighted by Crippen LogP contribution is 2.14. The van der Waals surface area contributed by atoms with Crippen molar-refractivity contribution in [3.8, 4) is 5.75 Å². The van der Waals surface area contributed by atoms with Gasteiger partial charge in [-0.3, -0.25) is 10.2 Å². The van der Waals surface area contributed by atoms with Crippen molar-refractivity contribution in [3.63, 3.8) is 0 Å². The smallest absolute Gasteiger partial charge is 0.333 e. The second-order valence-corrected chi connectivity index (χ2v) is 9.40. The molecule has 0 aliphatic heterocycles. The molecule has 6 heteroatoms. The summed E-state index contributed by atoms with van der Waals surface area (Å²) in [4.78, 5) is 23.6. The minimum Gasteiger partial charge on any atom is -0.508 e. The first-order valence-corrected chi connectivity index (χ1v) is 13.7. The Labute approximate surface area is 207 Å². The van der Waals surface area contributed by atoms with Gasteiger partial charge < -0.3 is 10.4 Å². The maximum Gasteiger partial charge on any atom is 0.333 e. The van der Waals surface area contributed by atoms with Crippen LogP contribution in [0.25, 0.3) is 0 Å². The molecule has 0 heterocycles. The number of carbonyl (C=O) groups excluding carboxylic acids is 2. The van der Waals surface area contributed by atoms with Crippen LogP contribution in [-0.4, -0.2) is 23.6 Å². The summed E-state index contributed by atoms with van der Waals surface area (Å²) in [7, 11) is 0. The summed E-state index contributed by atoms with van der Waals surface area (Å²) < 4.78 is 0. The van der Waals surface area contributed by atoms with Gasteiger partial charge in [0.05, 0.1) is 0 Å². The molecule has 0 saturated heterocycles. The van der Waals surface area contributed by atoms with E-state index < -0.39 is 0 Å². The van der Waals surface area contributed by atoms with Crippen LogP contribution >= 0.6 is 0 Å². The number of rotatable bonds is 20. The van der Waals surface area contributed by atoms with Crippen molar-refractivity contribution in [2.24, 2.45) is 0 Å². The van der Waals surface area contributed by atoms with Crippen LogP contribution in [0.4, 0.5) is 4.79 Å². The summed E-state index contributed by atoms with van der Waals surface area (Å²) in [6, 6.07) is 6.37. The predicted molar refractivity (Wildman–Crippen MR) is 141 cm³/mol. The lowest BCUT2D eigenvalue weighted by Gasteiger charge is -2.09. The van der Waals surface area contributed by atoms with Gasteiger partial charge in [0.1, 0.15) is 5.75 Å². The Balaban J connectivity index is 1.81. The van der Waals surface area contributed by atoms with Crippen molar-refractivity contribution in [3.05, 3.63) is 29.8 Å². The number of benzene rings is 1. The Hall–Kier alpha value is -2.24. The fraction of sp³-hybridized carbons (Fsp3) is 0.714. The second kappa shape index (κ2) is 21.3. The molecule has 0 aromatic heterocycles. The van der Waals surface area contributed by atoms with Gasteiger partial charge in [-0.05, 0) is 30.5 Å². The molecular formula is C28H49N3O3. The molecule has 4 N–H and O–H groups in total. The van der Waals surface area contributed by atoms with Crippen molar-refractivity contribution in [1.82, 2.24) is 16.2 Å². The summed E-state index contributed by atoms with van der Waals surface area (Å²) >= 11 is 0. The van der Waals surface area contributed by atoms with E-state index in [1.54, 1.807) is 24.3 Å². The highest BCUT2D eigenvalue weighted by atomic mass is 16.3. The number of phenolic OH excluding ortho intramolecular Hbond substituents is 1. The molecule has 0 atom stereocenters. The fourth-order valence-electron chi connectivity index (χ4n) is 4.03. The number of aryl methyl sites for hydroxylation is 1. The van der Waals surface area contributed by atoms with E-state index in [0.717, 1.165) is 18.4 Å². The molecule has 1 aromatic carbocycles. The van der Waals surface area contributed by atoms with Gasteiger partial charge >= 0.3 is 6.03 Å². The van der Waals surface area contributed by atoms with Gasteiger partial charge in [0.2, 0.25) is 5.91 Å². The van der Waals surface area contributed by atoms with Crippen molar-refractivity contribution in [2.45, 2.75) is 122 Å². The van der Waals surface area contributed by atoms with E-state index in [2.05, 4.69) is 23.1 Å². The molecule has 0 unspecified atom stereocenters. The molecule has 1 rings (SSSR count). The topological polar surface area (TPSA) is 90.5 Å². The summed E-state index contributed by atoms with van der Waals surface area (Å²) in [6.07, 6.45) is 22.1. The molecule has 0 radical (unpaired) electrons. The zero-order valence-corrected chi connectivity index (χ0v) is 21.5. The molecule has 3 amide bonds. The van der Waals surface area contributed by atoms with Crippen LogP contribution in [0.1, 0.15) is 122 Å². The molecule has 1 aromatic rings. The number of amides is 3. The van der Waals surface area contributed by atoms with Gasteiger partial charge in [-0.1, -0.05) is 115 Å². The molecule has 0 bridgehead atoms. The number of hydrogen-bond acceptors (Lipinski definition) is 3. The van der Waals surface area contributed by atoms with E-state index in [-0.39, 0.29) is 24.1 Å². The van der Waals surface area contributed by atoms with E-state index in [9.17, 15) is 14.7 Å². The van der Waals surface area contributed by atoms with Crippen LogP contribution in [0.2, 0.25) is 0 Å². The molecule has 34 heavy (non-hydrogen) atoms. The number of nitrogens with one attached hydrogen (secondary N) is 3. The summed E-state index contributed by atoms with van der Waals surface area (Å²) in [5, 5.41) is 12.0. The maximum atomic E-state index is 11.8. The standard InChI is InChI=1S/C28H49N3O3/c1-2-3-4-5-6-7-8-9-10-11-12-13-14-15-16-17-24-29-28(34)31-30-27(33)23-20-25-18-21-26(32)22-19-25/h18-19,21-22,32H,2-17,20,23-24H2,1H3,(H,30,33)(H2,29,31,34). The molecule has 0 aliphatic rings. The molecular weight excluding hydrogens is 426 g/mol. The fourth-order valence-corrected chi connectivity index (χ4v) is 4.03. The van der Waals surface area contributed by atoms with Crippen LogP contribution < -0.4 is 16.2 Å². The average Bonchev–Trinajstić information content (AvgIpc) is 2.84. The van der Waals surface area contributed by atoms with Gasteiger partial charge in [0.25, 0.3) is 0 Å². The third kappa shape index (κ3) is 18.2. The quantitative estimate of drug-likeness (QED) is 0.122. The highest BCUT2D eigenvalue weighted by Gasteiger charge is 2.05. The van der Waals surface area contributed by atoms with Crippen LogP contribution in [0, 0.1) is 0 Å². The third-order valence-corrected chi connectivity index (χ3v) is 6.21. The summed E-state index contributed by atoms with van der Waals surface area (Å²) in [5.41, 5.74) is 5.77. The van der Waals surface area contributed by atoms with Gasteiger partial charge in [-0.2, -0.15) is 0 Å². The first kappa shape index (κ1) is 29.8. The zero-order valence-electron chi connectivity index (χ0n) is 21.5. The largest absolute Gasteiger partial charge is 0.508 e. The number of hydrogen-bond donors (Lipinski definition) is 4. The predicted octanol–water partition coefficient (Wildman–Crippen LogP) is 6.92. The first-order valence-electron chi connectivity index (χ1n) is 13.7. The number of aromatic hydroxyl groups is 1. The van der Waals surface area contributed by atoms with Crippen LogP contribution in [0.5, 0.6) is 5.75 Å². The van der Waals surface area contributed by atoms with Crippen molar-refractivity contribution < 1.29 is 14.7 Å². The Kier molecular flexibility index (Phi) is 18.7. The summed E-state index contributed by atoms with van der Waals surface area (Å²) in [6.45, 7) is 2.89. The lowest BCUT2D eigenvalue weighted by Crippen LogP contribution is -2.47. The number of carbonyl (C=O) groups is 2. The van der Waals surface area contributed by atoms with E-state index in [1.165, 1.54) is 89.9 Å². The van der Waals surface area contributed by atoms with Gasteiger partial charge in [-0.15, -0.1) is 0 Å².